The molecular formula is C22H25N3O3S. The number of nitrogens with zero attached hydrogens (tertiary/aromatic N) is 3. The Morgan fingerprint density at radius 3 is 2.69 bits per heavy atom. The molecule has 0 radical (unpaired) electrons. The Morgan fingerprint density at radius 2 is 1.93 bits per heavy atom. The number of amides is 1. The van der Waals surface area contributed by atoms with Crippen LogP contribution < -0.4 is 14.4 Å². The lowest BCUT2D eigenvalue weighted by Crippen LogP contribution is -2.48. The van der Waals surface area contributed by atoms with Gasteiger partial charge >= 0.3 is 0 Å². The number of likely N-dealkylation sites (N-methyl/N-ethyl adjacent to an activating group) is 1. The van der Waals surface area contributed by atoms with E-state index in [1.54, 1.807) is 16.2 Å². The molecule has 29 heavy (non-hydrogen) atoms. The number of fused-ring (bicyclic) bond motifs is 2. The molecule has 0 spiro atoms. The van der Waals surface area contributed by atoms with Gasteiger partial charge in [0.25, 0.3) is 5.91 Å². The van der Waals surface area contributed by atoms with Crippen LogP contribution in [0.15, 0.2) is 36.4 Å². The Labute approximate surface area is 174 Å². The van der Waals surface area contributed by atoms with Crippen LogP contribution in [-0.2, 0) is 4.79 Å². The summed E-state index contributed by atoms with van der Waals surface area (Å²) in [5, 5.41) is 0.697. The fraction of sp³-hybridized carbons (Fsp3) is 0.364. The number of thiazole rings is 1. The maximum atomic E-state index is 13.4. The first-order chi connectivity index (χ1) is 13.9. The molecule has 1 atom stereocenters. The van der Waals surface area contributed by atoms with Gasteiger partial charge < -0.3 is 14.4 Å². The fourth-order valence-corrected chi connectivity index (χ4v) is 4.44. The molecule has 0 saturated carbocycles. The number of anilines is 1. The van der Waals surface area contributed by atoms with Crippen LogP contribution in [0.5, 0.6) is 11.5 Å². The van der Waals surface area contributed by atoms with Crippen molar-refractivity contribution in [3.05, 3.63) is 47.5 Å². The highest BCUT2D eigenvalue weighted by atomic mass is 32.1. The first-order valence-corrected chi connectivity index (χ1v) is 10.5. The Balaban J connectivity index is 1.65. The van der Waals surface area contributed by atoms with Gasteiger partial charge in [0.15, 0.2) is 16.6 Å². The Morgan fingerprint density at radius 1 is 1.17 bits per heavy atom. The molecule has 1 aliphatic rings. The van der Waals surface area contributed by atoms with E-state index >= 15 is 0 Å². The normalized spacial score (nSPS) is 15.7. The highest BCUT2D eigenvalue weighted by molar-refractivity contribution is 7.22. The summed E-state index contributed by atoms with van der Waals surface area (Å²) in [6, 6.07) is 11.6. The summed E-state index contributed by atoms with van der Waals surface area (Å²) in [5.41, 5.74) is 3.27. The SMILES string of the molecule is Cc1cc(C)c2sc(N(CCN(C)C)C(=O)C3COc4ccccc4O3)nc2c1. The van der Waals surface area contributed by atoms with Crippen LogP contribution in [0.25, 0.3) is 10.2 Å². The second-order valence-corrected chi connectivity index (χ2v) is 8.56. The van der Waals surface area contributed by atoms with Crippen molar-refractivity contribution in [2.24, 2.45) is 0 Å². The van der Waals surface area contributed by atoms with Gasteiger partial charge in [-0.1, -0.05) is 29.5 Å². The molecule has 4 rings (SSSR count). The summed E-state index contributed by atoms with van der Waals surface area (Å²) in [6.45, 7) is 5.59. The minimum Gasteiger partial charge on any atom is -0.485 e. The maximum absolute atomic E-state index is 13.4. The summed E-state index contributed by atoms with van der Waals surface area (Å²) in [4.78, 5) is 22.0. The number of hydrogen-bond donors (Lipinski definition) is 0. The molecule has 152 valence electrons. The predicted octanol–water partition coefficient (Wildman–Crippen LogP) is 3.65. The van der Waals surface area contributed by atoms with Gasteiger partial charge in [0, 0.05) is 13.1 Å². The van der Waals surface area contributed by atoms with Crippen molar-refractivity contribution in [3.63, 3.8) is 0 Å². The minimum absolute atomic E-state index is 0.130. The second-order valence-electron chi connectivity index (χ2n) is 7.58. The van der Waals surface area contributed by atoms with Gasteiger partial charge in [0.2, 0.25) is 6.10 Å². The van der Waals surface area contributed by atoms with E-state index in [4.69, 9.17) is 14.5 Å². The summed E-state index contributed by atoms with van der Waals surface area (Å²) in [5.74, 6) is 1.14. The molecule has 6 nitrogen and oxygen atoms in total. The smallest absolute Gasteiger partial charge is 0.273 e. The van der Waals surface area contributed by atoms with Gasteiger partial charge in [0.05, 0.1) is 10.2 Å². The first kappa shape index (κ1) is 19.7. The molecule has 0 bridgehead atoms. The number of aryl methyl sites for hydroxylation is 2. The van der Waals surface area contributed by atoms with Crippen molar-refractivity contribution in [1.29, 1.82) is 0 Å². The Kier molecular flexibility index (Phi) is 5.43. The molecule has 0 fully saturated rings. The standard InChI is InChI=1S/C22H25N3O3S/c1-14-11-15(2)20-16(12-14)23-22(29-20)25(10-9-24(3)4)21(26)19-13-27-17-7-5-6-8-18(17)28-19/h5-8,11-12,19H,9-10,13H2,1-4H3. The van der Waals surface area contributed by atoms with Crippen molar-refractivity contribution in [2.45, 2.75) is 20.0 Å². The minimum atomic E-state index is -0.693. The van der Waals surface area contributed by atoms with E-state index in [-0.39, 0.29) is 12.5 Å². The van der Waals surface area contributed by atoms with Crippen molar-refractivity contribution in [1.82, 2.24) is 9.88 Å². The van der Waals surface area contributed by atoms with E-state index in [0.29, 0.717) is 23.2 Å². The monoisotopic (exact) mass is 411 g/mol. The zero-order chi connectivity index (χ0) is 20.5. The summed E-state index contributed by atoms with van der Waals surface area (Å²) in [6.07, 6.45) is -0.693. The molecule has 0 N–H and O–H groups in total. The van der Waals surface area contributed by atoms with Crippen molar-refractivity contribution in [3.8, 4) is 11.5 Å². The van der Waals surface area contributed by atoms with E-state index in [1.807, 2.05) is 38.4 Å². The molecule has 7 heteroatoms. The number of carbonyl (C=O) groups is 1. The van der Waals surface area contributed by atoms with Gasteiger partial charge in [-0.3, -0.25) is 9.69 Å². The third kappa shape index (κ3) is 4.06. The zero-order valence-corrected chi connectivity index (χ0v) is 18.0. The van der Waals surface area contributed by atoms with E-state index in [2.05, 4.69) is 30.9 Å². The highest BCUT2D eigenvalue weighted by Gasteiger charge is 2.33. The second kappa shape index (κ2) is 8.00. The lowest BCUT2D eigenvalue weighted by Gasteiger charge is -2.30. The topological polar surface area (TPSA) is 54.9 Å². The molecule has 2 aromatic carbocycles. The van der Waals surface area contributed by atoms with Gasteiger partial charge in [-0.05, 0) is 57.3 Å². The van der Waals surface area contributed by atoms with E-state index in [0.717, 1.165) is 16.8 Å². The number of para-hydroxylation sites is 2. The molecular weight excluding hydrogens is 386 g/mol. The van der Waals surface area contributed by atoms with Crippen LogP contribution in [0.2, 0.25) is 0 Å². The van der Waals surface area contributed by atoms with Gasteiger partial charge in [-0.25, -0.2) is 4.98 Å². The largest absolute Gasteiger partial charge is 0.485 e. The number of hydrogen-bond acceptors (Lipinski definition) is 6. The first-order valence-electron chi connectivity index (χ1n) is 9.65. The summed E-state index contributed by atoms with van der Waals surface area (Å²) in [7, 11) is 3.98. The van der Waals surface area contributed by atoms with Crippen LogP contribution in [-0.4, -0.2) is 55.7 Å². The van der Waals surface area contributed by atoms with Crippen LogP contribution in [0.3, 0.4) is 0 Å². The van der Waals surface area contributed by atoms with E-state index < -0.39 is 6.10 Å². The highest BCUT2D eigenvalue weighted by Crippen LogP contribution is 2.34. The quantitative estimate of drug-likeness (QED) is 0.642. The predicted molar refractivity (Wildman–Crippen MR) is 116 cm³/mol. The molecule has 1 aliphatic heterocycles. The lowest BCUT2D eigenvalue weighted by atomic mass is 10.1. The number of rotatable bonds is 5. The van der Waals surface area contributed by atoms with Gasteiger partial charge in [-0.15, -0.1) is 0 Å². The van der Waals surface area contributed by atoms with Crippen LogP contribution in [0.4, 0.5) is 5.13 Å². The maximum Gasteiger partial charge on any atom is 0.273 e. The van der Waals surface area contributed by atoms with Gasteiger partial charge in [-0.2, -0.15) is 0 Å². The third-order valence-electron chi connectivity index (χ3n) is 4.86. The number of ether oxygens (including phenoxy) is 2. The van der Waals surface area contributed by atoms with Crippen molar-refractivity contribution in [2.75, 3.05) is 38.7 Å². The molecule has 3 aromatic rings. The zero-order valence-electron chi connectivity index (χ0n) is 17.1. The molecule has 0 saturated heterocycles. The average Bonchev–Trinajstić information content (AvgIpc) is 3.11. The summed E-state index contributed by atoms with van der Waals surface area (Å²) >= 11 is 1.55. The number of aromatic nitrogens is 1. The average molecular weight is 412 g/mol. The van der Waals surface area contributed by atoms with Crippen LogP contribution in [0, 0.1) is 13.8 Å². The fourth-order valence-electron chi connectivity index (χ4n) is 3.40. The molecule has 1 aromatic heterocycles. The molecule has 0 aliphatic carbocycles. The third-order valence-corrected chi connectivity index (χ3v) is 6.09. The van der Waals surface area contributed by atoms with E-state index in [1.165, 1.54) is 11.1 Å². The van der Waals surface area contributed by atoms with E-state index in [9.17, 15) is 4.79 Å². The van der Waals surface area contributed by atoms with Crippen LogP contribution >= 0.6 is 11.3 Å². The Hall–Kier alpha value is -2.64. The number of benzene rings is 2. The van der Waals surface area contributed by atoms with Crippen LogP contribution in [0.1, 0.15) is 11.1 Å². The summed E-state index contributed by atoms with van der Waals surface area (Å²) < 4.78 is 12.8. The van der Waals surface area contributed by atoms with Crippen molar-refractivity contribution >= 4 is 32.6 Å². The van der Waals surface area contributed by atoms with Crippen molar-refractivity contribution < 1.29 is 14.3 Å². The molecule has 1 amide bonds. The number of carbonyl (C=O) groups excluding carboxylic acids is 1. The Bertz CT molecular complexity index is 1050. The molecule has 2 heterocycles. The molecule has 1 unspecified atom stereocenters. The van der Waals surface area contributed by atoms with Gasteiger partial charge in [0.1, 0.15) is 6.61 Å². The lowest BCUT2D eigenvalue weighted by molar-refractivity contribution is -0.127.